The van der Waals surface area contributed by atoms with Crippen molar-refractivity contribution >= 4 is 70.0 Å². The Morgan fingerprint density at radius 2 is 1.38 bits per heavy atom. The van der Waals surface area contributed by atoms with Crippen LogP contribution in [0.4, 0.5) is 0 Å². The second-order valence-electron chi connectivity index (χ2n) is 9.61. The number of carbonyl (C=O) groups excluding carboxylic acids is 2. The van der Waals surface area contributed by atoms with Crippen LogP contribution < -0.4 is 5.32 Å². The van der Waals surface area contributed by atoms with Gasteiger partial charge in [0.2, 0.25) is 11.8 Å². The highest BCUT2D eigenvalue weighted by Crippen LogP contribution is 2.30. The largest absolute Gasteiger partial charge is 0.352 e. The van der Waals surface area contributed by atoms with Crippen LogP contribution in [-0.2, 0) is 28.3 Å². The van der Waals surface area contributed by atoms with Gasteiger partial charge in [0.15, 0.2) is 0 Å². The predicted molar refractivity (Wildman–Crippen MR) is 164 cm³/mol. The van der Waals surface area contributed by atoms with Crippen LogP contribution in [-0.4, -0.2) is 34.6 Å². The van der Waals surface area contributed by atoms with Crippen molar-refractivity contribution in [2.45, 2.75) is 56.5 Å². The van der Waals surface area contributed by atoms with Gasteiger partial charge in [0.1, 0.15) is 6.04 Å². The minimum Gasteiger partial charge on any atom is -0.352 e. The molecule has 9 heteroatoms. The molecule has 3 aromatic carbocycles. The topological polar surface area (TPSA) is 49.4 Å². The van der Waals surface area contributed by atoms with Gasteiger partial charge >= 0.3 is 0 Å². The van der Waals surface area contributed by atoms with Gasteiger partial charge in [-0.15, -0.1) is 11.8 Å². The molecule has 39 heavy (non-hydrogen) atoms. The van der Waals surface area contributed by atoms with Crippen LogP contribution in [0.2, 0.25) is 20.1 Å². The molecule has 0 radical (unpaired) electrons. The summed E-state index contributed by atoms with van der Waals surface area (Å²) in [6.07, 6.45) is 4.44. The van der Waals surface area contributed by atoms with E-state index in [1.54, 1.807) is 41.3 Å². The third-order valence-corrected chi connectivity index (χ3v) is 9.26. The molecule has 4 rings (SSSR count). The molecule has 0 unspecified atom stereocenters. The van der Waals surface area contributed by atoms with E-state index in [1.807, 2.05) is 30.3 Å². The summed E-state index contributed by atoms with van der Waals surface area (Å²) in [6, 6.07) is 19.7. The summed E-state index contributed by atoms with van der Waals surface area (Å²) in [7, 11) is 0. The number of nitrogens with zero attached hydrogens (tertiary/aromatic N) is 1. The number of thioether (sulfide) groups is 1. The maximum absolute atomic E-state index is 13.9. The number of benzene rings is 3. The minimum absolute atomic E-state index is 0.111. The van der Waals surface area contributed by atoms with Gasteiger partial charge in [-0.05, 0) is 48.2 Å². The molecule has 1 fully saturated rings. The molecule has 1 saturated carbocycles. The quantitative estimate of drug-likeness (QED) is 0.234. The van der Waals surface area contributed by atoms with E-state index in [2.05, 4.69) is 5.32 Å². The lowest BCUT2D eigenvalue weighted by molar-refractivity contribution is -0.139. The molecule has 0 aliphatic heterocycles. The highest BCUT2D eigenvalue weighted by atomic mass is 35.5. The van der Waals surface area contributed by atoms with Gasteiger partial charge in [-0.3, -0.25) is 9.59 Å². The first-order valence-corrected chi connectivity index (χ1v) is 15.6. The van der Waals surface area contributed by atoms with Crippen LogP contribution >= 0.6 is 58.2 Å². The molecule has 0 saturated heterocycles. The van der Waals surface area contributed by atoms with Crippen molar-refractivity contribution in [3.8, 4) is 0 Å². The van der Waals surface area contributed by atoms with Crippen molar-refractivity contribution in [3.05, 3.63) is 104 Å². The van der Waals surface area contributed by atoms with Gasteiger partial charge < -0.3 is 10.2 Å². The number of rotatable bonds is 11. The SMILES string of the molecule is O=C(NC1CCCC1)[C@H](Cc1ccccc1)N(Cc1c(Cl)cccc1Cl)C(=O)CSCc1c(Cl)cccc1Cl. The molecule has 1 N–H and O–H groups in total. The Morgan fingerprint density at radius 1 is 0.821 bits per heavy atom. The van der Waals surface area contributed by atoms with E-state index in [4.69, 9.17) is 46.4 Å². The molecular formula is C30H30Cl4N2O2S. The van der Waals surface area contributed by atoms with Crippen molar-refractivity contribution in [2.75, 3.05) is 5.75 Å². The zero-order valence-corrected chi connectivity index (χ0v) is 25.2. The summed E-state index contributed by atoms with van der Waals surface area (Å²) in [5, 5.41) is 5.22. The van der Waals surface area contributed by atoms with Gasteiger partial charge in [0.25, 0.3) is 0 Å². The maximum Gasteiger partial charge on any atom is 0.243 e. The smallest absolute Gasteiger partial charge is 0.243 e. The number of halogens is 4. The minimum atomic E-state index is -0.739. The molecule has 1 aliphatic rings. The standard InChI is InChI=1S/C30H30Cl4N2O2S/c31-24-12-6-13-25(32)22(24)17-36(29(37)19-39-18-23-26(33)14-7-15-27(23)34)28(16-20-8-2-1-3-9-20)30(38)35-21-10-4-5-11-21/h1-3,6-9,12-15,21,28H,4-5,10-11,16-19H2,(H,35,38)/t28-/m0/s1. The summed E-state index contributed by atoms with van der Waals surface area (Å²) in [6.45, 7) is 0.111. The second kappa shape index (κ2) is 14.7. The third kappa shape index (κ3) is 8.31. The molecule has 2 amide bonds. The lowest BCUT2D eigenvalue weighted by atomic mass is 10.0. The number of amides is 2. The molecule has 206 valence electrons. The van der Waals surface area contributed by atoms with Crippen LogP contribution in [0.15, 0.2) is 66.7 Å². The summed E-state index contributed by atoms with van der Waals surface area (Å²) in [4.78, 5) is 29.3. The monoisotopic (exact) mass is 622 g/mol. The predicted octanol–water partition coefficient (Wildman–Crippen LogP) is 8.23. The number of carbonyl (C=O) groups is 2. The first kappa shape index (κ1) is 30.1. The molecule has 1 aliphatic carbocycles. The Morgan fingerprint density at radius 3 is 1.97 bits per heavy atom. The maximum atomic E-state index is 13.9. The van der Waals surface area contributed by atoms with Crippen molar-refractivity contribution in [1.29, 1.82) is 0 Å². The van der Waals surface area contributed by atoms with E-state index in [9.17, 15) is 9.59 Å². The Hall–Kier alpha value is -1.89. The van der Waals surface area contributed by atoms with Crippen LogP contribution in [0.3, 0.4) is 0 Å². The van der Waals surface area contributed by atoms with E-state index < -0.39 is 6.04 Å². The second-order valence-corrected chi connectivity index (χ2v) is 12.2. The van der Waals surface area contributed by atoms with Gasteiger partial charge in [-0.25, -0.2) is 0 Å². The molecule has 4 nitrogen and oxygen atoms in total. The van der Waals surface area contributed by atoms with Gasteiger partial charge in [-0.2, -0.15) is 0 Å². The lowest BCUT2D eigenvalue weighted by Crippen LogP contribution is -2.52. The zero-order chi connectivity index (χ0) is 27.8. The van der Waals surface area contributed by atoms with Gasteiger partial charge in [-0.1, -0.05) is 102 Å². The van der Waals surface area contributed by atoms with Crippen LogP contribution in [0.1, 0.15) is 42.4 Å². The molecule has 3 aromatic rings. The number of hydrogen-bond donors (Lipinski definition) is 1. The van der Waals surface area contributed by atoms with Gasteiger partial charge in [0.05, 0.1) is 5.75 Å². The Balaban J connectivity index is 1.62. The van der Waals surface area contributed by atoms with Crippen molar-refractivity contribution in [1.82, 2.24) is 10.2 Å². The Labute approximate surface area is 254 Å². The summed E-state index contributed by atoms with van der Waals surface area (Å²) >= 11 is 27.1. The Bertz CT molecular complexity index is 1240. The molecule has 1 atom stereocenters. The third-order valence-electron chi connectivity index (χ3n) is 6.90. The van der Waals surface area contributed by atoms with Crippen LogP contribution in [0, 0.1) is 0 Å². The van der Waals surface area contributed by atoms with Crippen LogP contribution in [0.5, 0.6) is 0 Å². The number of hydrogen-bond acceptors (Lipinski definition) is 3. The van der Waals surface area contributed by atoms with E-state index in [0.717, 1.165) is 36.8 Å². The fraction of sp³-hybridized carbons (Fsp3) is 0.333. The van der Waals surface area contributed by atoms with Crippen molar-refractivity contribution < 1.29 is 9.59 Å². The molecule has 0 spiro atoms. The highest BCUT2D eigenvalue weighted by Gasteiger charge is 2.33. The first-order chi connectivity index (χ1) is 18.8. The van der Waals surface area contributed by atoms with E-state index in [1.165, 1.54) is 11.8 Å². The van der Waals surface area contributed by atoms with Crippen LogP contribution in [0.25, 0.3) is 0 Å². The average Bonchev–Trinajstić information content (AvgIpc) is 3.43. The highest BCUT2D eigenvalue weighted by molar-refractivity contribution is 7.99. The molecular weight excluding hydrogens is 594 g/mol. The van der Waals surface area contributed by atoms with Crippen molar-refractivity contribution in [3.63, 3.8) is 0 Å². The zero-order valence-electron chi connectivity index (χ0n) is 21.3. The lowest BCUT2D eigenvalue weighted by Gasteiger charge is -2.33. The fourth-order valence-corrected chi connectivity index (χ4v) is 6.93. The summed E-state index contributed by atoms with van der Waals surface area (Å²) in [5.41, 5.74) is 2.35. The normalized spacial score (nSPS) is 14.3. The fourth-order valence-electron chi connectivity index (χ4n) is 4.77. The van der Waals surface area contributed by atoms with E-state index in [0.29, 0.717) is 37.8 Å². The first-order valence-electron chi connectivity index (χ1n) is 12.9. The summed E-state index contributed by atoms with van der Waals surface area (Å²) in [5.74, 6) is 0.233. The molecule has 0 aromatic heterocycles. The van der Waals surface area contributed by atoms with Crippen molar-refractivity contribution in [2.24, 2.45) is 0 Å². The van der Waals surface area contributed by atoms with E-state index in [-0.39, 0.29) is 30.2 Å². The molecule has 0 bridgehead atoms. The summed E-state index contributed by atoms with van der Waals surface area (Å²) < 4.78 is 0. The van der Waals surface area contributed by atoms with E-state index >= 15 is 0 Å². The average molecular weight is 624 g/mol. The Kier molecular flexibility index (Phi) is 11.3. The molecule has 0 heterocycles. The number of nitrogens with one attached hydrogen (secondary N) is 1. The van der Waals surface area contributed by atoms with Gasteiger partial charge in [0, 0.05) is 50.4 Å².